The van der Waals surface area contributed by atoms with Gasteiger partial charge in [0.05, 0.1) is 4.90 Å². The Balaban J connectivity index is 2.02. The molecule has 0 radical (unpaired) electrons. The van der Waals surface area contributed by atoms with Crippen LogP contribution >= 0.6 is 11.6 Å². The number of amides is 1. The zero-order valence-electron chi connectivity index (χ0n) is 12.6. The smallest absolute Gasteiger partial charge is 0.269 e. The van der Waals surface area contributed by atoms with Crippen molar-refractivity contribution in [3.05, 3.63) is 65.5 Å². The van der Waals surface area contributed by atoms with Gasteiger partial charge in [0, 0.05) is 28.9 Å². The van der Waals surface area contributed by atoms with Crippen LogP contribution in [0.2, 0.25) is 5.02 Å². The molecule has 2 N–H and O–H groups in total. The highest BCUT2D eigenvalue weighted by molar-refractivity contribution is 7.90. The third kappa shape index (κ3) is 3.41. The van der Waals surface area contributed by atoms with Gasteiger partial charge in [0.25, 0.3) is 15.9 Å². The van der Waals surface area contributed by atoms with Crippen LogP contribution in [-0.4, -0.2) is 28.5 Å². The highest BCUT2D eigenvalue weighted by Gasteiger charge is 2.19. The van der Waals surface area contributed by atoms with Crippen molar-refractivity contribution in [2.45, 2.75) is 4.90 Å². The Morgan fingerprint density at radius 3 is 2.64 bits per heavy atom. The van der Waals surface area contributed by atoms with Crippen LogP contribution in [0.1, 0.15) is 5.56 Å². The summed E-state index contributed by atoms with van der Waals surface area (Å²) >= 11 is 5.80. The molecule has 0 aliphatic heterocycles. The first-order valence-electron chi connectivity index (χ1n) is 7.02. The SMILES string of the molecule is O=C(/C=C/c1cnc2c(ccn2S(=O)(=O)c2ccc(Cl)cc2)c1)NO. The maximum atomic E-state index is 12.7. The minimum absolute atomic E-state index is 0.0970. The maximum absolute atomic E-state index is 12.7. The number of carbonyl (C=O) groups excluding carboxylic acids is 1. The summed E-state index contributed by atoms with van der Waals surface area (Å²) in [5, 5.41) is 9.49. The number of aromatic nitrogens is 2. The lowest BCUT2D eigenvalue weighted by molar-refractivity contribution is -0.124. The van der Waals surface area contributed by atoms with E-state index in [0.717, 1.165) is 10.0 Å². The molecule has 0 bridgehead atoms. The molecule has 0 aliphatic rings. The lowest BCUT2D eigenvalue weighted by atomic mass is 10.2. The lowest BCUT2D eigenvalue weighted by Gasteiger charge is -2.07. The number of hydrogen-bond acceptors (Lipinski definition) is 5. The second-order valence-corrected chi connectivity index (χ2v) is 7.31. The Labute approximate surface area is 148 Å². The van der Waals surface area contributed by atoms with E-state index >= 15 is 0 Å². The average Bonchev–Trinajstić information content (AvgIpc) is 3.04. The molecule has 0 atom stereocenters. The van der Waals surface area contributed by atoms with Crippen LogP contribution in [0.3, 0.4) is 0 Å². The van der Waals surface area contributed by atoms with Gasteiger partial charge in [0.15, 0.2) is 5.65 Å². The first kappa shape index (κ1) is 17.2. The first-order chi connectivity index (χ1) is 11.9. The number of carbonyl (C=O) groups is 1. The van der Waals surface area contributed by atoms with Gasteiger partial charge >= 0.3 is 0 Å². The van der Waals surface area contributed by atoms with Crippen LogP contribution in [0, 0.1) is 0 Å². The van der Waals surface area contributed by atoms with E-state index < -0.39 is 15.9 Å². The molecule has 25 heavy (non-hydrogen) atoms. The van der Waals surface area contributed by atoms with Crippen LogP contribution < -0.4 is 5.48 Å². The van der Waals surface area contributed by atoms with Crippen LogP contribution in [0.15, 0.2) is 59.8 Å². The van der Waals surface area contributed by atoms with Crippen molar-refractivity contribution in [3.63, 3.8) is 0 Å². The van der Waals surface area contributed by atoms with E-state index in [9.17, 15) is 13.2 Å². The van der Waals surface area contributed by atoms with E-state index in [-0.39, 0.29) is 10.5 Å². The first-order valence-corrected chi connectivity index (χ1v) is 8.84. The highest BCUT2D eigenvalue weighted by atomic mass is 35.5. The molecule has 3 rings (SSSR count). The van der Waals surface area contributed by atoms with Crippen molar-refractivity contribution >= 4 is 44.6 Å². The largest absolute Gasteiger partial charge is 0.288 e. The number of halogens is 1. The molecule has 1 amide bonds. The van der Waals surface area contributed by atoms with E-state index in [1.165, 1.54) is 48.2 Å². The second kappa shape index (κ2) is 6.67. The van der Waals surface area contributed by atoms with Crippen LogP contribution in [0.25, 0.3) is 17.1 Å². The van der Waals surface area contributed by atoms with Crippen LogP contribution in [-0.2, 0) is 14.8 Å². The lowest BCUT2D eigenvalue weighted by Crippen LogP contribution is -2.14. The van der Waals surface area contributed by atoms with Gasteiger partial charge in [-0.05, 0) is 48.0 Å². The average molecular weight is 378 g/mol. The molecular weight excluding hydrogens is 366 g/mol. The Bertz CT molecular complexity index is 1070. The van der Waals surface area contributed by atoms with Crippen LogP contribution in [0.5, 0.6) is 0 Å². The number of fused-ring (bicyclic) bond motifs is 1. The third-order valence-electron chi connectivity index (χ3n) is 3.42. The summed E-state index contributed by atoms with van der Waals surface area (Å²) in [5.74, 6) is -0.678. The Morgan fingerprint density at radius 1 is 1.24 bits per heavy atom. The van der Waals surface area contributed by atoms with Crippen molar-refractivity contribution in [3.8, 4) is 0 Å². The Hall–Kier alpha value is -2.68. The maximum Gasteiger partial charge on any atom is 0.269 e. The van der Waals surface area contributed by atoms with Crippen molar-refractivity contribution in [1.82, 2.24) is 14.4 Å². The normalized spacial score (nSPS) is 11.9. The van der Waals surface area contributed by atoms with Gasteiger partial charge in [-0.15, -0.1) is 0 Å². The third-order valence-corrected chi connectivity index (χ3v) is 5.35. The van der Waals surface area contributed by atoms with Gasteiger partial charge in [-0.25, -0.2) is 22.9 Å². The minimum atomic E-state index is -3.80. The predicted molar refractivity (Wildman–Crippen MR) is 92.7 cm³/mol. The predicted octanol–water partition coefficient (Wildman–Crippen LogP) is 2.45. The monoisotopic (exact) mass is 377 g/mol. The minimum Gasteiger partial charge on any atom is -0.288 e. The van der Waals surface area contributed by atoms with E-state index in [1.807, 2.05) is 0 Å². The van der Waals surface area contributed by atoms with Gasteiger partial charge in [-0.2, -0.15) is 0 Å². The number of nitrogens with one attached hydrogen (secondary N) is 1. The molecule has 7 nitrogen and oxygen atoms in total. The molecule has 2 aromatic heterocycles. The standard InChI is InChI=1S/C16H12ClN3O4S/c17-13-2-4-14(5-3-13)25(23,24)20-8-7-12-9-11(10-18-16(12)20)1-6-15(21)19-22/h1-10,22H,(H,19,21)/b6-1+. The summed E-state index contributed by atoms with van der Waals surface area (Å²) in [5.41, 5.74) is 2.32. The number of pyridine rings is 1. The van der Waals surface area contributed by atoms with Gasteiger partial charge < -0.3 is 0 Å². The molecule has 0 saturated heterocycles. The number of rotatable bonds is 4. The van der Waals surface area contributed by atoms with Gasteiger partial charge in [0.2, 0.25) is 0 Å². The molecular formula is C16H12ClN3O4S. The molecule has 128 valence electrons. The molecule has 0 saturated carbocycles. The molecule has 0 unspecified atom stereocenters. The fraction of sp³-hybridized carbons (Fsp3) is 0. The number of nitrogens with zero attached hydrogens (tertiary/aromatic N) is 2. The van der Waals surface area contributed by atoms with Crippen molar-refractivity contribution in [2.75, 3.05) is 0 Å². The summed E-state index contributed by atoms with van der Waals surface area (Å²) in [4.78, 5) is 15.3. The zero-order valence-corrected chi connectivity index (χ0v) is 14.2. The van der Waals surface area contributed by atoms with E-state index in [2.05, 4.69) is 4.98 Å². The molecule has 2 heterocycles. The molecule has 1 aromatic carbocycles. The Kier molecular flexibility index (Phi) is 4.58. The molecule has 0 fully saturated rings. The molecule has 0 aliphatic carbocycles. The fourth-order valence-corrected chi connectivity index (χ4v) is 3.67. The van der Waals surface area contributed by atoms with E-state index in [0.29, 0.717) is 16.0 Å². The van der Waals surface area contributed by atoms with Gasteiger partial charge in [-0.3, -0.25) is 10.0 Å². The molecule has 3 aromatic rings. The van der Waals surface area contributed by atoms with E-state index in [4.69, 9.17) is 16.8 Å². The quantitative estimate of drug-likeness (QED) is 0.413. The van der Waals surface area contributed by atoms with Crippen molar-refractivity contribution in [2.24, 2.45) is 0 Å². The zero-order chi connectivity index (χ0) is 18.0. The second-order valence-electron chi connectivity index (χ2n) is 5.06. The molecule has 9 heteroatoms. The number of hydroxylamine groups is 1. The highest BCUT2D eigenvalue weighted by Crippen LogP contribution is 2.23. The Morgan fingerprint density at radius 2 is 1.96 bits per heavy atom. The van der Waals surface area contributed by atoms with Gasteiger partial charge in [0.1, 0.15) is 0 Å². The fourth-order valence-electron chi connectivity index (χ4n) is 2.23. The topological polar surface area (TPSA) is 101 Å². The van der Waals surface area contributed by atoms with Crippen molar-refractivity contribution < 1.29 is 18.4 Å². The summed E-state index contributed by atoms with van der Waals surface area (Å²) in [7, 11) is -3.80. The molecule has 0 spiro atoms. The number of benzene rings is 1. The summed E-state index contributed by atoms with van der Waals surface area (Å²) < 4.78 is 26.6. The summed E-state index contributed by atoms with van der Waals surface area (Å²) in [6.45, 7) is 0. The van der Waals surface area contributed by atoms with Gasteiger partial charge in [-0.1, -0.05) is 11.6 Å². The summed E-state index contributed by atoms with van der Waals surface area (Å²) in [6.07, 6.45) is 5.42. The summed E-state index contributed by atoms with van der Waals surface area (Å²) in [6, 6.07) is 9.14. The van der Waals surface area contributed by atoms with Crippen molar-refractivity contribution in [1.29, 1.82) is 0 Å². The number of hydrogen-bond donors (Lipinski definition) is 2. The van der Waals surface area contributed by atoms with Crippen LogP contribution in [0.4, 0.5) is 0 Å². The van der Waals surface area contributed by atoms with E-state index in [1.54, 1.807) is 12.1 Å².